The van der Waals surface area contributed by atoms with Crippen molar-refractivity contribution in [1.82, 2.24) is 0 Å². The van der Waals surface area contributed by atoms with Gasteiger partial charge in [0, 0.05) is 34.9 Å². The summed E-state index contributed by atoms with van der Waals surface area (Å²) in [5, 5.41) is 6.06. The predicted molar refractivity (Wildman–Crippen MR) is 58.5 cm³/mol. The molecule has 0 rings (SSSR count). The molecule has 0 aliphatic heterocycles. The van der Waals surface area contributed by atoms with Crippen molar-refractivity contribution in [3.63, 3.8) is 0 Å². The highest BCUT2D eigenvalue weighted by molar-refractivity contribution is 8.32. The molecule has 0 amide bonds. The van der Waals surface area contributed by atoms with Gasteiger partial charge in [-0.15, -0.1) is 34.8 Å². The molecule has 5 heteroatoms. The lowest BCUT2D eigenvalue weighted by Gasteiger charge is -2.33. The van der Waals surface area contributed by atoms with Gasteiger partial charge in [-0.3, -0.25) is 5.14 Å². The molecule has 0 aliphatic rings. The average molecular weight is 239 g/mol. The van der Waals surface area contributed by atoms with Gasteiger partial charge in [0.15, 0.2) is 0 Å². The minimum atomic E-state index is -1.09. The van der Waals surface area contributed by atoms with E-state index >= 15 is 0 Å². The highest BCUT2D eigenvalue weighted by Gasteiger charge is 2.16. The molecular formula is C6H14Cl3NS. The van der Waals surface area contributed by atoms with Crippen molar-refractivity contribution in [2.24, 2.45) is 5.14 Å². The second-order valence-corrected chi connectivity index (χ2v) is 6.88. The van der Waals surface area contributed by atoms with E-state index < -0.39 is 10.2 Å². The highest BCUT2D eigenvalue weighted by Crippen LogP contribution is 2.39. The Morgan fingerprint density at radius 2 is 1.09 bits per heavy atom. The molecule has 0 atom stereocenters. The number of halogens is 3. The zero-order valence-corrected chi connectivity index (χ0v) is 9.45. The van der Waals surface area contributed by atoms with Crippen LogP contribution in [0.15, 0.2) is 0 Å². The topological polar surface area (TPSA) is 26.0 Å². The van der Waals surface area contributed by atoms with Crippen LogP contribution >= 0.6 is 45.0 Å². The van der Waals surface area contributed by atoms with E-state index in [1.807, 2.05) is 0 Å². The van der Waals surface area contributed by atoms with Crippen molar-refractivity contribution >= 4 is 45.0 Å². The van der Waals surface area contributed by atoms with E-state index in [1.54, 1.807) is 0 Å². The van der Waals surface area contributed by atoms with Crippen molar-refractivity contribution in [1.29, 1.82) is 0 Å². The Balaban J connectivity index is 3.79. The lowest BCUT2D eigenvalue weighted by Crippen LogP contribution is -2.24. The first kappa shape index (κ1) is 12.2. The number of rotatable bonds is 6. The van der Waals surface area contributed by atoms with Crippen LogP contribution in [0.4, 0.5) is 0 Å². The van der Waals surface area contributed by atoms with E-state index in [4.69, 9.17) is 39.9 Å². The summed E-state index contributed by atoms with van der Waals surface area (Å²) in [6, 6.07) is 0. The van der Waals surface area contributed by atoms with Gasteiger partial charge in [-0.1, -0.05) is 0 Å². The summed E-state index contributed by atoms with van der Waals surface area (Å²) in [4.78, 5) is 0. The fraction of sp³-hybridized carbons (Fsp3) is 1.00. The van der Waals surface area contributed by atoms with Crippen molar-refractivity contribution in [2.75, 3.05) is 34.9 Å². The zero-order chi connectivity index (χ0) is 8.74. The van der Waals surface area contributed by atoms with Crippen LogP contribution in [0.3, 0.4) is 0 Å². The summed E-state index contributed by atoms with van der Waals surface area (Å²) < 4.78 is 0. The fourth-order valence-electron chi connectivity index (χ4n) is 0.767. The van der Waals surface area contributed by atoms with Gasteiger partial charge in [0.05, 0.1) is 0 Å². The Labute approximate surface area is 85.0 Å². The second kappa shape index (κ2) is 6.67. The van der Waals surface area contributed by atoms with E-state index in [2.05, 4.69) is 0 Å². The largest absolute Gasteiger partial charge is 0.294 e. The number of alkyl halides is 3. The van der Waals surface area contributed by atoms with Crippen LogP contribution in [0.1, 0.15) is 0 Å². The lowest BCUT2D eigenvalue weighted by molar-refractivity contribution is 1.34. The highest BCUT2D eigenvalue weighted by atomic mass is 35.5. The summed E-state index contributed by atoms with van der Waals surface area (Å²) in [6.45, 7) is 0. The van der Waals surface area contributed by atoms with E-state index in [0.29, 0.717) is 17.6 Å². The quantitative estimate of drug-likeness (QED) is 0.707. The van der Waals surface area contributed by atoms with Gasteiger partial charge in [0.25, 0.3) is 0 Å². The molecule has 0 bridgehead atoms. The molecule has 1 nitrogen and oxygen atoms in total. The second-order valence-electron chi connectivity index (χ2n) is 2.29. The van der Waals surface area contributed by atoms with Crippen molar-refractivity contribution in [2.45, 2.75) is 0 Å². The van der Waals surface area contributed by atoms with Crippen molar-refractivity contribution in [3.05, 3.63) is 0 Å². The van der Waals surface area contributed by atoms with Gasteiger partial charge < -0.3 is 0 Å². The molecule has 0 aromatic carbocycles. The van der Waals surface area contributed by atoms with Crippen LogP contribution in [0, 0.1) is 0 Å². The minimum Gasteiger partial charge on any atom is -0.294 e. The third-order valence-corrected chi connectivity index (χ3v) is 5.74. The van der Waals surface area contributed by atoms with E-state index in [9.17, 15) is 0 Å². The first-order valence-corrected chi connectivity index (χ1v) is 7.21. The summed E-state index contributed by atoms with van der Waals surface area (Å²) in [5.74, 6) is 4.44. The number of hydrogen-bond acceptors (Lipinski definition) is 1. The minimum absolute atomic E-state index is 0.611. The Hall–Kier alpha value is 1.18. The summed E-state index contributed by atoms with van der Waals surface area (Å²) in [5.41, 5.74) is 0. The van der Waals surface area contributed by atoms with E-state index in [0.717, 1.165) is 17.3 Å². The molecule has 0 aromatic heterocycles. The molecule has 0 saturated heterocycles. The van der Waals surface area contributed by atoms with Crippen LogP contribution in [-0.4, -0.2) is 34.9 Å². The van der Waals surface area contributed by atoms with Gasteiger partial charge in [-0.05, 0) is 0 Å². The summed E-state index contributed by atoms with van der Waals surface area (Å²) >= 11 is 16.8. The molecule has 0 heterocycles. The molecule has 2 N–H and O–H groups in total. The maximum Gasteiger partial charge on any atom is 0.0310 e. The molecule has 0 aromatic rings. The first-order valence-electron chi connectivity index (χ1n) is 3.40. The molecule has 0 fully saturated rings. The fourth-order valence-corrected chi connectivity index (χ4v) is 5.07. The molecule has 0 aliphatic carbocycles. The first-order chi connectivity index (χ1) is 5.18. The molecule has 0 unspecified atom stereocenters. The molecule has 11 heavy (non-hydrogen) atoms. The normalized spacial score (nSPS) is 13.5. The number of nitrogens with two attached hydrogens (primary N) is 1. The Morgan fingerprint density at radius 1 is 0.818 bits per heavy atom. The molecule has 0 radical (unpaired) electrons. The molecule has 70 valence electrons. The van der Waals surface area contributed by atoms with Crippen molar-refractivity contribution in [3.8, 4) is 0 Å². The standard InChI is InChI=1S/C6H14Cl3NS/c7-1-4-11(10,5-2-8)6-3-9/h1-6,10H2. The van der Waals surface area contributed by atoms with Crippen LogP contribution in [0.2, 0.25) is 0 Å². The average Bonchev–Trinajstić information content (AvgIpc) is 1.88. The Bertz CT molecular complexity index is 84.8. The van der Waals surface area contributed by atoms with Gasteiger partial charge in [0.1, 0.15) is 0 Å². The number of hydrogen-bond donors (Lipinski definition) is 1. The van der Waals surface area contributed by atoms with Crippen LogP contribution in [-0.2, 0) is 0 Å². The molecular weight excluding hydrogens is 224 g/mol. The van der Waals surface area contributed by atoms with Crippen LogP contribution in [0.5, 0.6) is 0 Å². The summed E-state index contributed by atoms with van der Waals surface area (Å²) in [6.07, 6.45) is 0. The Morgan fingerprint density at radius 3 is 1.27 bits per heavy atom. The molecule has 0 saturated carbocycles. The maximum absolute atomic E-state index is 6.06. The SMILES string of the molecule is NS(CCCl)(CCCl)CCCl. The third-order valence-electron chi connectivity index (χ3n) is 1.45. The van der Waals surface area contributed by atoms with Gasteiger partial charge in [-0.25, -0.2) is 0 Å². The molecule has 0 spiro atoms. The zero-order valence-electron chi connectivity index (χ0n) is 6.36. The predicted octanol–water partition coefficient (Wildman–Crippen LogP) is 2.38. The third kappa shape index (κ3) is 5.42. The van der Waals surface area contributed by atoms with Crippen molar-refractivity contribution < 1.29 is 0 Å². The Kier molecular flexibility index (Phi) is 7.39. The smallest absolute Gasteiger partial charge is 0.0310 e. The van der Waals surface area contributed by atoms with Gasteiger partial charge in [-0.2, -0.15) is 10.2 Å². The van der Waals surface area contributed by atoms with Crippen LogP contribution in [0.25, 0.3) is 0 Å². The maximum atomic E-state index is 6.06. The van der Waals surface area contributed by atoms with E-state index in [-0.39, 0.29) is 0 Å². The summed E-state index contributed by atoms with van der Waals surface area (Å²) in [7, 11) is -1.09. The monoisotopic (exact) mass is 237 g/mol. The van der Waals surface area contributed by atoms with Gasteiger partial charge >= 0.3 is 0 Å². The van der Waals surface area contributed by atoms with E-state index in [1.165, 1.54) is 0 Å². The van der Waals surface area contributed by atoms with Crippen LogP contribution < -0.4 is 5.14 Å². The van der Waals surface area contributed by atoms with Gasteiger partial charge in [0.2, 0.25) is 0 Å². The lowest BCUT2D eigenvalue weighted by atomic mass is 10.9.